The number of nitrogens with zero attached hydrogens (tertiary/aromatic N) is 3. The lowest BCUT2D eigenvalue weighted by Gasteiger charge is -2.32. The molecule has 4 aromatic carbocycles. The molecule has 0 bridgehead atoms. The molecule has 0 N–H and O–H groups in total. The molecular formula is C37H31N3O3. The number of ketones is 1. The topological polar surface area (TPSA) is 62.2 Å². The van der Waals surface area contributed by atoms with Crippen LogP contribution >= 0.6 is 0 Å². The van der Waals surface area contributed by atoms with Crippen molar-refractivity contribution in [2.24, 2.45) is 4.99 Å². The molecule has 0 radical (unpaired) electrons. The van der Waals surface area contributed by atoms with Crippen LogP contribution in [0.25, 0.3) is 6.08 Å². The number of likely N-dealkylation sites (N-methyl/N-ethyl adjacent to an activating group) is 1. The van der Waals surface area contributed by atoms with Crippen LogP contribution in [-0.4, -0.2) is 35.2 Å². The highest BCUT2D eigenvalue weighted by Crippen LogP contribution is 2.32. The Kier molecular flexibility index (Phi) is 8.09. The number of rotatable bonds is 8. The molecule has 4 aromatic rings. The zero-order valence-electron chi connectivity index (χ0n) is 23.8. The molecule has 1 amide bonds. The van der Waals surface area contributed by atoms with Crippen molar-refractivity contribution in [3.05, 3.63) is 156 Å². The Morgan fingerprint density at radius 1 is 0.884 bits per heavy atom. The molecule has 212 valence electrons. The van der Waals surface area contributed by atoms with E-state index in [0.717, 1.165) is 23.4 Å². The minimum atomic E-state index is -0.276. The summed E-state index contributed by atoms with van der Waals surface area (Å²) in [6.45, 7) is 2.24. The van der Waals surface area contributed by atoms with Gasteiger partial charge in [-0.05, 0) is 61.4 Å². The van der Waals surface area contributed by atoms with Gasteiger partial charge in [-0.3, -0.25) is 14.5 Å². The van der Waals surface area contributed by atoms with E-state index in [1.165, 1.54) is 4.90 Å². The van der Waals surface area contributed by atoms with Crippen LogP contribution < -0.4 is 4.90 Å². The quantitative estimate of drug-likeness (QED) is 0.161. The molecule has 1 heterocycles. The first kappa shape index (κ1) is 27.7. The van der Waals surface area contributed by atoms with Crippen LogP contribution in [0, 0.1) is 0 Å². The molecule has 1 atom stereocenters. The molecule has 6 heteroatoms. The summed E-state index contributed by atoms with van der Waals surface area (Å²) in [6.07, 6.45) is 11.2. The van der Waals surface area contributed by atoms with Crippen molar-refractivity contribution in [2.45, 2.75) is 19.4 Å². The van der Waals surface area contributed by atoms with Crippen LogP contribution in [0.1, 0.15) is 34.8 Å². The fourth-order valence-corrected chi connectivity index (χ4v) is 5.24. The van der Waals surface area contributed by atoms with Gasteiger partial charge in [0.2, 0.25) is 0 Å². The van der Waals surface area contributed by atoms with Gasteiger partial charge in [-0.2, -0.15) is 4.99 Å². The van der Waals surface area contributed by atoms with Gasteiger partial charge in [0.1, 0.15) is 0 Å². The molecule has 1 fully saturated rings. The highest BCUT2D eigenvalue weighted by molar-refractivity contribution is 6.14. The first-order valence-electron chi connectivity index (χ1n) is 14.4. The molecule has 6 rings (SSSR count). The number of benzene rings is 4. The number of carbonyl (C=O) groups is 2. The van der Waals surface area contributed by atoms with Crippen LogP contribution in [0.2, 0.25) is 0 Å². The fraction of sp³-hybridized carbons (Fsp3) is 0.108. The number of ether oxygens (including phenoxy) is 1. The van der Waals surface area contributed by atoms with E-state index in [0.29, 0.717) is 23.4 Å². The summed E-state index contributed by atoms with van der Waals surface area (Å²) in [5, 5.41) is 0. The molecule has 0 saturated carbocycles. The van der Waals surface area contributed by atoms with Gasteiger partial charge in [0.25, 0.3) is 5.91 Å². The van der Waals surface area contributed by atoms with E-state index in [4.69, 9.17) is 4.74 Å². The Bertz CT molecular complexity index is 1740. The van der Waals surface area contributed by atoms with Crippen LogP contribution in [0.15, 0.2) is 144 Å². The Hall–Kier alpha value is -5.49. The number of para-hydroxylation sites is 2. The lowest BCUT2D eigenvalue weighted by Crippen LogP contribution is -2.29. The van der Waals surface area contributed by atoms with Crippen molar-refractivity contribution in [3.8, 4) is 0 Å². The smallest absolute Gasteiger partial charge is 0.305 e. The van der Waals surface area contributed by atoms with Crippen molar-refractivity contribution in [1.29, 1.82) is 0 Å². The number of amides is 1. The first-order chi connectivity index (χ1) is 21.1. The van der Waals surface area contributed by atoms with Crippen molar-refractivity contribution >= 4 is 40.9 Å². The number of carbonyl (C=O) groups excluding carboxylic acids is 2. The summed E-state index contributed by atoms with van der Waals surface area (Å²) >= 11 is 0. The number of anilines is 2. The van der Waals surface area contributed by atoms with Crippen molar-refractivity contribution in [2.75, 3.05) is 11.4 Å². The summed E-state index contributed by atoms with van der Waals surface area (Å²) < 4.78 is 6.02. The summed E-state index contributed by atoms with van der Waals surface area (Å²) in [4.78, 5) is 35.0. The van der Waals surface area contributed by atoms with E-state index in [2.05, 4.69) is 58.5 Å². The average molecular weight is 566 g/mol. The molecule has 0 spiro atoms. The van der Waals surface area contributed by atoms with Gasteiger partial charge in [-0.15, -0.1) is 0 Å². The summed E-state index contributed by atoms with van der Waals surface area (Å²) in [7, 11) is 0. The van der Waals surface area contributed by atoms with Gasteiger partial charge in [-0.1, -0.05) is 97.1 Å². The van der Waals surface area contributed by atoms with Crippen LogP contribution in [0.4, 0.5) is 17.1 Å². The van der Waals surface area contributed by atoms with Crippen LogP contribution in [0.5, 0.6) is 0 Å². The maximum Gasteiger partial charge on any atom is 0.305 e. The third kappa shape index (κ3) is 5.95. The number of hydrogen-bond donors (Lipinski definition) is 0. The minimum absolute atomic E-state index is 0.145. The van der Waals surface area contributed by atoms with Crippen LogP contribution in [-0.2, 0) is 9.53 Å². The maximum absolute atomic E-state index is 13.3. The third-order valence-corrected chi connectivity index (χ3v) is 7.40. The van der Waals surface area contributed by atoms with Gasteiger partial charge >= 0.3 is 6.02 Å². The molecule has 1 aliphatic carbocycles. The van der Waals surface area contributed by atoms with Crippen molar-refractivity contribution < 1.29 is 14.3 Å². The highest BCUT2D eigenvalue weighted by Gasteiger charge is 2.34. The number of allylic oxidation sites excluding steroid dienone is 2. The number of hydrogen-bond acceptors (Lipinski definition) is 5. The predicted octanol–water partition coefficient (Wildman–Crippen LogP) is 7.85. The molecule has 6 nitrogen and oxygen atoms in total. The highest BCUT2D eigenvalue weighted by atomic mass is 16.5. The minimum Gasteiger partial charge on any atom is -0.419 e. The van der Waals surface area contributed by atoms with Gasteiger partial charge in [0, 0.05) is 29.0 Å². The average Bonchev–Trinajstić information content (AvgIpc) is 3.36. The van der Waals surface area contributed by atoms with Gasteiger partial charge in [0.05, 0.1) is 11.7 Å². The standard InChI is InChI=1S/C37H31N3O3/c1-2-39-36(42)34(43-37(39)38-33-21-13-12-20-32(33)35(41)28-14-6-3-7-15-28)26-27-22-24-31(25-23-27)40(29-16-8-4-9-17-29)30-18-10-5-11-19-30/h3-18,20-26,30H,2,19H2,1H3/b34-26+,38-37?. The monoisotopic (exact) mass is 565 g/mol. The lowest BCUT2D eigenvalue weighted by molar-refractivity contribution is -0.122. The van der Waals surface area contributed by atoms with E-state index in [-0.39, 0.29) is 29.5 Å². The van der Waals surface area contributed by atoms with E-state index >= 15 is 0 Å². The molecule has 0 aromatic heterocycles. The Morgan fingerprint density at radius 3 is 2.26 bits per heavy atom. The van der Waals surface area contributed by atoms with Gasteiger partial charge in [0.15, 0.2) is 11.5 Å². The molecule has 43 heavy (non-hydrogen) atoms. The first-order valence-corrected chi connectivity index (χ1v) is 14.4. The van der Waals surface area contributed by atoms with Crippen molar-refractivity contribution in [3.63, 3.8) is 0 Å². The van der Waals surface area contributed by atoms with Crippen LogP contribution in [0.3, 0.4) is 0 Å². The molecule has 1 saturated heterocycles. The van der Waals surface area contributed by atoms with E-state index in [1.807, 2.05) is 61.5 Å². The number of aliphatic imine (C=N–C) groups is 1. The fourth-order valence-electron chi connectivity index (χ4n) is 5.24. The largest absolute Gasteiger partial charge is 0.419 e. The number of amidine groups is 1. The maximum atomic E-state index is 13.3. The molecule has 1 unspecified atom stereocenters. The zero-order chi connectivity index (χ0) is 29.6. The van der Waals surface area contributed by atoms with Gasteiger partial charge in [-0.25, -0.2) is 0 Å². The van der Waals surface area contributed by atoms with Crippen molar-refractivity contribution in [1.82, 2.24) is 4.90 Å². The Labute approximate surface area is 251 Å². The molecule has 1 aliphatic heterocycles. The van der Waals surface area contributed by atoms with Gasteiger partial charge < -0.3 is 9.64 Å². The Balaban J connectivity index is 1.27. The second-order valence-electron chi connectivity index (χ2n) is 10.2. The Morgan fingerprint density at radius 2 is 1.56 bits per heavy atom. The SMILES string of the molecule is CCN1C(=O)/C(=C\c2ccc(N(c3ccccc3)C3C=CC=CC3)cc2)OC1=Nc1ccccc1C(=O)c1ccccc1. The predicted molar refractivity (Wildman–Crippen MR) is 172 cm³/mol. The van der Waals surface area contributed by atoms with E-state index in [1.54, 1.807) is 36.4 Å². The third-order valence-electron chi connectivity index (χ3n) is 7.40. The van der Waals surface area contributed by atoms with E-state index in [9.17, 15) is 9.59 Å². The lowest BCUT2D eigenvalue weighted by atomic mass is 10.0. The summed E-state index contributed by atoms with van der Waals surface area (Å²) in [6, 6.07) is 34.9. The molecule has 2 aliphatic rings. The zero-order valence-corrected chi connectivity index (χ0v) is 23.8. The van der Waals surface area contributed by atoms with E-state index < -0.39 is 0 Å². The second-order valence-corrected chi connectivity index (χ2v) is 10.2. The molecular weight excluding hydrogens is 534 g/mol. The summed E-state index contributed by atoms with van der Waals surface area (Å²) in [5.41, 5.74) is 4.43. The normalized spacial score (nSPS) is 17.8. The summed E-state index contributed by atoms with van der Waals surface area (Å²) in [5.74, 6) is -0.240. The second kappa shape index (κ2) is 12.6.